The third-order valence-electron chi connectivity index (χ3n) is 2.62. The summed E-state index contributed by atoms with van der Waals surface area (Å²) in [6.07, 6.45) is 0. The van der Waals surface area contributed by atoms with Crippen molar-refractivity contribution < 1.29 is 9.53 Å². The maximum atomic E-state index is 12.1. The third-order valence-corrected chi connectivity index (χ3v) is 3.50. The van der Waals surface area contributed by atoms with Crippen LogP contribution in [0.1, 0.15) is 20.4 Å². The van der Waals surface area contributed by atoms with Crippen LogP contribution in [-0.4, -0.2) is 24.0 Å². The number of nitrogens with zero attached hydrogens (tertiary/aromatic N) is 1. The maximum Gasteiger partial charge on any atom is 0.275 e. The Hall–Kier alpha value is -1.63. The Balaban J connectivity index is 0.00000220. The molecule has 0 saturated heterocycles. The van der Waals surface area contributed by atoms with Crippen LogP contribution in [-0.2, 0) is 0 Å². The Morgan fingerprint density at radius 3 is 2.52 bits per heavy atom. The molecule has 0 radical (unpaired) electrons. The molecule has 2 aromatic rings. The minimum absolute atomic E-state index is 0. The Morgan fingerprint density at radius 2 is 2.00 bits per heavy atom. The first-order valence-electron chi connectivity index (χ1n) is 6.28. The first-order chi connectivity index (χ1) is 9.60. The Morgan fingerprint density at radius 1 is 1.33 bits per heavy atom. The van der Waals surface area contributed by atoms with Gasteiger partial charge in [0.1, 0.15) is 18.1 Å². The average molecular weight is 328 g/mol. The Kier molecular flexibility index (Phi) is 6.61. The summed E-state index contributed by atoms with van der Waals surface area (Å²) < 4.78 is 5.37. The quantitative estimate of drug-likeness (QED) is 0.885. The highest BCUT2D eigenvalue weighted by atomic mass is 35.5. The topological polar surface area (TPSA) is 77.2 Å². The van der Waals surface area contributed by atoms with Crippen molar-refractivity contribution in [3.8, 4) is 5.75 Å². The van der Waals surface area contributed by atoms with Gasteiger partial charge in [0, 0.05) is 17.1 Å². The predicted octanol–water partition coefficient (Wildman–Crippen LogP) is 2.77. The molecular formula is C14H18ClN3O2S. The van der Waals surface area contributed by atoms with Gasteiger partial charge in [0.2, 0.25) is 0 Å². The number of aryl methyl sites for hydroxylation is 2. The van der Waals surface area contributed by atoms with Crippen molar-refractivity contribution in [1.29, 1.82) is 0 Å². The standard InChI is InChI=1S/C14H17N3O2S.ClH/c1-9-13(16-10(2)20-9)14(18)17-11-3-5-12(6-4-11)19-8-7-15;/h3-6H,7-8,15H2,1-2H3,(H,17,18);1H. The number of anilines is 1. The average Bonchev–Trinajstić information content (AvgIpc) is 2.77. The number of aromatic nitrogens is 1. The van der Waals surface area contributed by atoms with Crippen molar-refractivity contribution in [2.75, 3.05) is 18.5 Å². The fourth-order valence-electron chi connectivity index (χ4n) is 1.74. The second kappa shape index (κ2) is 7.97. The minimum atomic E-state index is -0.192. The number of benzene rings is 1. The van der Waals surface area contributed by atoms with Crippen molar-refractivity contribution >= 4 is 35.3 Å². The van der Waals surface area contributed by atoms with Gasteiger partial charge in [-0.3, -0.25) is 4.79 Å². The van der Waals surface area contributed by atoms with Crippen LogP contribution in [0.3, 0.4) is 0 Å². The third kappa shape index (κ3) is 4.70. The van der Waals surface area contributed by atoms with Gasteiger partial charge in [-0.05, 0) is 38.1 Å². The molecule has 2 rings (SSSR count). The smallest absolute Gasteiger partial charge is 0.275 e. The normalized spacial score (nSPS) is 9.86. The molecule has 1 amide bonds. The number of carbonyl (C=O) groups is 1. The number of amides is 1. The SMILES string of the molecule is Cc1nc(C(=O)Nc2ccc(OCCN)cc2)c(C)s1.Cl. The molecule has 0 aliphatic heterocycles. The van der Waals surface area contributed by atoms with Gasteiger partial charge in [-0.1, -0.05) is 0 Å². The molecular weight excluding hydrogens is 310 g/mol. The van der Waals surface area contributed by atoms with Gasteiger partial charge in [-0.15, -0.1) is 23.7 Å². The molecule has 0 unspecified atom stereocenters. The number of nitrogens with one attached hydrogen (secondary N) is 1. The van der Waals surface area contributed by atoms with E-state index in [1.807, 2.05) is 13.8 Å². The molecule has 0 aliphatic rings. The first kappa shape index (κ1) is 17.4. The molecule has 21 heavy (non-hydrogen) atoms. The molecule has 1 aromatic carbocycles. The van der Waals surface area contributed by atoms with E-state index in [-0.39, 0.29) is 18.3 Å². The molecule has 7 heteroatoms. The van der Waals surface area contributed by atoms with E-state index in [4.69, 9.17) is 10.5 Å². The van der Waals surface area contributed by atoms with Crippen molar-refractivity contribution in [2.45, 2.75) is 13.8 Å². The van der Waals surface area contributed by atoms with E-state index in [0.29, 0.717) is 24.5 Å². The van der Waals surface area contributed by atoms with Crippen LogP contribution in [0.4, 0.5) is 5.69 Å². The molecule has 0 aliphatic carbocycles. The van der Waals surface area contributed by atoms with Gasteiger partial charge in [0.15, 0.2) is 0 Å². The van der Waals surface area contributed by atoms with Crippen molar-refractivity contribution in [2.24, 2.45) is 5.73 Å². The molecule has 1 heterocycles. The van der Waals surface area contributed by atoms with Crippen LogP contribution in [0.15, 0.2) is 24.3 Å². The summed E-state index contributed by atoms with van der Waals surface area (Å²) >= 11 is 1.52. The highest BCUT2D eigenvalue weighted by Crippen LogP contribution is 2.19. The van der Waals surface area contributed by atoms with E-state index in [2.05, 4.69) is 10.3 Å². The molecule has 3 N–H and O–H groups in total. The number of carbonyl (C=O) groups excluding carboxylic acids is 1. The van der Waals surface area contributed by atoms with Crippen molar-refractivity contribution in [3.63, 3.8) is 0 Å². The van der Waals surface area contributed by atoms with Gasteiger partial charge < -0.3 is 15.8 Å². The van der Waals surface area contributed by atoms with Gasteiger partial charge >= 0.3 is 0 Å². The van der Waals surface area contributed by atoms with Crippen LogP contribution in [0.5, 0.6) is 5.75 Å². The Labute approximate surface area is 133 Å². The zero-order valence-corrected chi connectivity index (χ0v) is 13.5. The van der Waals surface area contributed by atoms with E-state index in [1.165, 1.54) is 11.3 Å². The molecule has 1 aromatic heterocycles. The van der Waals surface area contributed by atoms with Crippen molar-refractivity contribution in [3.05, 3.63) is 39.8 Å². The summed E-state index contributed by atoms with van der Waals surface area (Å²) in [6.45, 7) is 4.73. The van der Waals surface area contributed by atoms with E-state index in [0.717, 1.165) is 15.6 Å². The van der Waals surface area contributed by atoms with Crippen LogP contribution in [0.25, 0.3) is 0 Å². The van der Waals surface area contributed by atoms with Crippen LogP contribution in [0.2, 0.25) is 0 Å². The highest BCUT2D eigenvalue weighted by Gasteiger charge is 2.13. The summed E-state index contributed by atoms with van der Waals surface area (Å²) in [6, 6.07) is 7.17. The van der Waals surface area contributed by atoms with Crippen LogP contribution >= 0.6 is 23.7 Å². The van der Waals surface area contributed by atoms with Gasteiger partial charge in [0.05, 0.1) is 5.01 Å². The number of hydrogen-bond donors (Lipinski definition) is 2. The lowest BCUT2D eigenvalue weighted by Crippen LogP contribution is -2.13. The van der Waals surface area contributed by atoms with Crippen LogP contribution in [0, 0.1) is 13.8 Å². The van der Waals surface area contributed by atoms with Crippen LogP contribution < -0.4 is 15.8 Å². The lowest BCUT2D eigenvalue weighted by atomic mass is 10.3. The molecule has 0 atom stereocenters. The summed E-state index contributed by atoms with van der Waals surface area (Å²) in [5.74, 6) is 0.539. The number of rotatable bonds is 5. The van der Waals surface area contributed by atoms with E-state index in [9.17, 15) is 4.79 Å². The second-order valence-electron chi connectivity index (χ2n) is 4.25. The summed E-state index contributed by atoms with van der Waals surface area (Å²) in [5.41, 5.74) is 6.56. The fourth-order valence-corrected chi connectivity index (χ4v) is 2.56. The van der Waals surface area contributed by atoms with E-state index in [1.54, 1.807) is 24.3 Å². The monoisotopic (exact) mass is 327 g/mol. The zero-order valence-electron chi connectivity index (χ0n) is 11.9. The number of thiazole rings is 1. The second-order valence-corrected chi connectivity index (χ2v) is 5.66. The largest absolute Gasteiger partial charge is 0.492 e. The first-order valence-corrected chi connectivity index (χ1v) is 7.10. The predicted molar refractivity (Wildman–Crippen MR) is 87.8 cm³/mol. The molecule has 5 nitrogen and oxygen atoms in total. The summed E-state index contributed by atoms with van der Waals surface area (Å²) in [7, 11) is 0. The summed E-state index contributed by atoms with van der Waals surface area (Å²) in [5, 5.41) is 3.71. The number of ether oxygens (including phenoxy) is 1. The molecule has 0 spiro atoms. The Bertz CT molecular complexity index is 599. The fraction of sp³-hybridized carbons (Fsp3) is 0.286. The lowest BCUT2D eigenvalue weighted by molar-refractivity contribution is 0.102. The number of nitrogens with two attached hydrogens (primary N) is 1. The molecule has 0 fully saturated rings. The number of hydrogen-bond acceptors (Lipinski definition) is 5. The zero-order chi connectivity index (χ0) is 14.5. The van der Waals surface area contributed by atoms with Gasteiger partial charge in [-0.25, -0.2) is 4.98 Å². The lowest BCUT2D eigenvalue weighted by Gasteiger charge is -2.07. The molecule has 114 valence electrons. The number of halogens is 1. The van der Waals surface area contributed by atoms with E-state index >= 15 is 0 Å². The molecule has 0 saturated carbocycles. The van der Waals surface area contributed by atoms with Gasteiger partial charge in [-0.2, -0.15) is 0 Å². The van der Waals surface area contributed by atoms with E-state index < -0.39 is 0 Å². The van der Waals surface area contributed by atoms with Crippen molar-refractivity contribution in [1.82, 2.24) is 4.98 Å². The summed E-state index contributed by atoms with van der Waals surface area (Å²) in [4.78, 5) is 17.2. The minimum Gasteiger partial charge on any atom is -0.492 e. The maximum absolute atomic E-state index is 12.1. The highest BCUT2D eigenvalue weighted by molar-refractivity contribution is 7.11. The van der Waals surface area contributed by atoms with Gasteiger partial charge in [0.25, 0.3) is 5.91 Å². The molecule has 0 bridgehead atoms.